The van der Waals surface area contributed by atoms with E-state index in [4.69, 9.17) is 9.84 Å². The second-order valence-electron chi connectivity index (χ2n) is 7.60. The molecule has 7 nitrogen and oxygen atoms in total. The van der Waals surface area contributed by atoms with Crippen molar-refractivity contribution in [3.63, 3.8) is 0 Å². The van der Waals surface area contributed by atoms with Crippen LogP contribution in [0.4, 0.5) is 4.79 Å². The van der Waals surface area contributed by atoms with Gasteiger partial charge in [0.25, 0.3) is 0 Å². The highest BCUT2D eigenvalue weighted by atomic mass is 16.5. The summed E-state index contributed by atoms with van der Waals surface area (Å²) < 4.78 is 5.45. The predicted molar refractivity (Wildman–Crippen MR) is 117 cm³/mol. The first-order valence-electron chi connectivity index (χ1n) is 10.6. The van der Waals surface area contributed by atoms with Gasteiger partial charge >= 0.3 is 12.1 Å². The van der Waals surface area contributed by atoms with E-state index in [-0.39, 0.29) is 31.4 Å². The molecule has 1 aliphatic rings. The van der Waals surface area contributed by atoms with Crippen molar-refractivity contribution in [1.82, 2.24) is 10.6 Å². The van der Waals surface area contributed by atoms with Crippen molar-refractivity contribution in [3.05, 3.63) is 59.7 Å². The minimum atomic E-state index is -0.917. The number of benzene rings is 2. The molecule has 2 aromatic rings. The Bertz CT molecular complexity index is 898. The van der Waals surface area contributed by atoms with Crippen molar-refractivity contribution < 1.29 is 24.2 Å². The van der Waals surface area contributed by atoms with Crippen LogP contribution in [-0.2, 0) is 14.3 Å². The van der Waals surface area contributed by atoms with Gasteiger partial charge in [0.1, 0.15) is 6.61 Å². The Morgan fingerprint density at radius 2 is 1.61 bits per heavy atom. The number of carbonyl (C=O) groups excluding carboxylic acids is 2. The molecule has 0 bridgehead atoms. The number of hydrogen-bond acceptors (Lipinski definition) is 4. The Kier molecular flexibility index (Phi) is 7.65. The molecule has 3 rings (SSSR count). The highest BCUT2D eigenvalue weighted by Crippen LogP contribution is 2.44. The number of aliphatic carboxylic acids is 1. The Balaban J connectivity index is 1.39. The van der Waals surface area contributed by atoms with E-state index in [2.05, 4.69) is 34.9 Å². The molecule has 0 spiro atoms. The molecule has 2 amide bonds. The molecule has 1 atom stereocenters. The maximum absolute atomic E-state index is 12.1. The number of alkyl carbamates (subject to hydrolysis) is 1. The Hall–Kier alpha value is -3.35. The van der Waals surface area contributed by atoms with E-state index in [1.54, 1.807) is 6.92 Å². The van der Waals surface area contributed by atoms with Gasteiger partial charge in [0.15, 0.2) is 0 Å². The molecule has 0 heterocycles. The van der Waals surface area contributed by atoms with Gasteiger partial charge in [-0.2, -0.15) is 0 Å². The van der Waals surface area contributed by atoms with Crippen LogP contribution in [0, 0.1) is 5.92 Å². The lowest BCUT2D eigenvalue weighted by Crippen LogP contribution is -2.33. The number of carbonyl (C=O) groups is 3. The molecule has 0 aliphatic heterocycles. The number of hydrogen-bond donors (Lipinski definition) is 3. The van der Waals surface area contributed by atoms with Crippen molar-refractivity contribution in [3.8, 4) is 11.1 Å². The summed E-state index contributed by atoms with van der Waals surface area (Å²) in [6, 6.07) is 16.3. The first-order chi connectivity index (χ1) is 15.0. The third-order valence-corrected chi connectivity index (χ3v) is 5.58. The molecule has 0 fully saturated rings. The van der Waals surface area contributed by atoms with Crippen LogP contribution < -0.4 is 10.6 Å². The normalized spacial score (nSPS) is 13.1. The van der Waals surface area contributed by atoms with Crippen LogP contribution in [0.3, 0.4) is 0 Å². The van der Waals surface area contributed by atoms with Crippen LogP contribution in [0.5, 0.6) is 0 Å². The molecule has 7 heteroatoms. The fourth-order valence-corrected chi connectivity index (χ4v) is 3.82. The fourth-order valence-electron chi connectivity index (χ4n) is 3.82. The smallest absolute Gasteiger partial charge is 0.407 e. The molecule has 2 aromatic carbocycles. The van der Waals surface area contributed by atoms with E-state index in [9.17, 15) is 14.4 Å². The van der Waals surface area contributed by atoms with Crippen molar-refractivity contribution in [1.29, 1.82) is 0 Å². The molecule has 0 saturated carbocycles. The third kappa shape index (κ3) is 5.63. The SMILES string of the molecule is CCC(CNC(=O)CCCNC(=O)OCC1c2ccccc2-c2ccccc21)C(=O)O. The second kappa shape index (κ2) is 10.6. The van der Waals surface area contributed by atoms with Crippen LogP contribution in [-0.4, -0.2) is 42.8 Å². The van der Waals surface area contributed by atoms with E-state index in [0.717, 1.165) is 11.1 Å². The monoisotopic (exact) mass is 424 g/mol. The average molecular weight is 424 g/mol. The summed E-state index contributed by atoms with van der Waals surface area (Å²) in [6.07, 6.45) is 0.595. The van der Waals surface area contributed by atoms with E-state index in [1.807, 2.05) is 24.3 Å². The van der Waals surface area contributed by atoms with Crippen LogP contribution >= 0.6 is 0 Å². The summed E-state index contributed by atoms with van der Waals surface area (Å²) in [5.74, 6) is -1.72. The van der Waals surface area contributed by atoms with Crippen molar-refractivity contribution in [2.75, 3.05) is 19.7 Å². The lowest BCUT2D eigenvalue weighted by atomic mass is 9.98. The molecule has 0 radical (unpaired) electrons. The molecule has 31 heavy (non-hydrogen) atoms. The van der Waals surface area contributed by atoms with E-state index in [1.165, 1.54) is 11.1 Å². The van der Waals surface area contributed by atoms with Gasteiger partial charge < -0.3 is 20.5 Å². The van der Waals surface area contributed by atoms with E-state index >= 15 is 0 Å². The van der Waals surface area contributed by atoms with E-state index in [0.29, 0.717) is 19.4 Å². The largest absolute Gasteiger partial charge is 0.481 e. The predicted octanol–water partition coefficient (Wildman–Crippen LogP) is 3.53. The highest BCUT2D eigenvalue weighted by molar-refractivity contribution is 5.79. The van der Waals surface area contributed by atoms with Crippen LogP contribution in [0.1, 0.15) is 43.2 Å². The van der Waals surface area contributed by atoms with Crippen molar-refractivity contribution in [2.24, 2.45) is 5.92 Å². The highest BCUT2D eigenvalue weighted by Gasteiger charge is 2.28. The molecule has 3 N–H and O–H groups in total. The minimum Gasteiger partial charge on any atom is -0.481 e. The van der Waals surface area contributed by atoms with Crippen molar-refractivity contribution in [2.45, 2.75) is 32.1 Å². The second-order valence-corrected chi connectivity index (χ2v) is 7.60. The van der Waals surface area contributed by atoms with Gasteiger partial charge in [-0.3, -0.25) is 9.59 Å². The molecule has 1 unspecified atom stereocenters. The van der Waals surface area contributed by atoms with Gasteiger partial charge in [0.2, 0.25) is 5.91 Å². The third-order valence-electron chi connectivity index (χ3n) is 5.58. The van der Waals surface area contributed by atoms with Gasteiger partial charge in [0.05, 0.1) is 5.92 Å². The summed E-state index contributed by atoms with van der Waals surface area (Å²) in [6.45, 7) is 2.43. The molecular weight excluding hydrogens is 396 g/mol. The number of ether oxygens (including phenoxy) is 1. The molecular formula is C24H28N2O5. The lowest BCUT2D eigenvalue weighted by molar-refractivity contribution is -0.141. The van der Waals surface area contributed by atoms with Crippen LogP contribution in [0.15, 0.2) is 48.5 Å². The molecule has 0 saturated heterocycles. The Morgan fingerprint density at radius 1 is 1.00 bits per heavy atom. The maximum Gasteiger partial charge on any atom is 0.407 e. The van der Waals surface area contributed by atoms with Gasteiger partial charge in [-0.1, -0.05) is 55.5 Å². The Morgan fingerprint density at radius 3 is 2.19 bits per heavy atom. The van der Waals surface area contributed by atoms with Crippen LogP contribution in [0.25, 0.3) is 11.1 Å². The summed E-state index contributed by atoms with van der Waals surface area (Å²) in [7, 11) is 0. The van der Waals surface area contributed by atoms with Gasteiger partial charge in [-0.25, -0.2) is 4.79 Å². The first-order valence-corrected chi connectivity index (χ1v) is 10.6. The fraction of sp³-hybridized carbons (Fsp3) is 0.375. The van der Waals surface area contributed by atoms with Gasteiger partial charge in [0, 0.05) is 25.4 Å². The zero-order chi connectivity index (χ0) is 22.2. The molecule has 0 aromatic heterocycles. The summed E-state index contributed by atoms with van der Waals surface area (Å²) in [5.41, 5.74) is 4.65. The van der Waals surface area contributed by atoms with Crippen molar-refractivity contribution >= 4 is 18.0 Å². The number of nitrogens with one attached hydrogen (secondary N) is 2. The van der Waals surface area contributed by atoms with Gasteiger partial charge in [-0.15, -0.1) is 0 Å². The van der Waals surface area contributed by atoms with Gasteiger partial charge in [-0.05, 0) is 35.1 Å². The standard InChI is InChI=1S/C24H28N2O5/c1-2-16(23(28)29)14-26-22(27)12-7-13-25-24(30)31-15-21-19-10-5-3-8-17(19)18-9-4-6-11-20(18)21/h3-6,8-11,16,21H,2,7,12-15H2,1H3,(H,25,30)(H,26,27)(H,28,29). The minimum absolute atomic E-state index is 0.00433. The summed E-state index contributed by atoms with van der Waals surface area (Å²) in [5, 5.41) is 14.3. The quantitative estimate of drug-likeness (QED) is 0.506. The van der Waals surface area contributed by atoms with Crippen LogP contribution in [0.2, 0.25) is 0 Å². The zero-order valence-corrected chi connectivity index (χ0v) is 17.6. The lowest BCUT2D eigenvalue weighted by Gasteiger charge is -2.14. The number of carboxylic acids is 1. The number of carboxylic acid groups (broad SMARTS) is 1. The summed E-state index contributed by atoms with van der Waals surface area (Å²) in [4.78, 5) is 34.9. The average Bonchev–Trinajstić information content (AvgIpc) is 3.09. The topological polar surface area (TPSA) is 105 Å². The molecule has 1 aliphatic carbocycles. The number of fused-ring (bicyclic) bond motifs is 3. The zero-order valence-electron chi connectivity index (χ0n) is 17.6. The molecule has 164 valence electrons. The van der Waals surface area contributed by atoms with E-state index < -0.39 is 18.0 Å². The number of rotatable bonds is 10. The maximum atomic E-state index is 12.1. The first kappa shape index (κ1) is 22.3. The summed E-state index contributed by atoms with van der Waals surface area (Å²) >= 11 is 0. The number of amides is 2. The Labute approximate surface area is 181 Å².